The highest BCUT2D eigenvalue weighted by Crippen LogP contribution is 2.48. The fourth-order valence-electron chi connectivity index (χ4n) is 4.26. The maximum atomic E-state index is 10.8. The number of hydrogen-bond donors (Lipinski definition) is 3. The van der Waals surface area contributed by atoms with E-state index in [9.17, 15) is 15.0 Å². The molecule has 0 aromatic rings. The molecule has 0 heterocycles. The molecule has 6 atom stereocenters. The van der Waals surface area contributed by atoms with Gasteiger partial charge in [0.15, 0.2) is 0 Å². The first-order valence-corrected chi connectivity index (χ1v) is 9.84. The molecule has 1 saturated carbocycles. The molecule has 4 nitrogen and oxygen atoms in total. The summed E-state index contributed by atoms with van der Waals surface area (Å²) in [6, 6.07) is 0. The van der Waals surface area contributed by atoms with Gasteiger partial charge in [0.2, 0.25) is 5.91 Å². The lowest BCUT2D eigenvalue weighted by molar-refractivity contribution is -0.118. The van der Waals surface area contributed by atoms with E-state index in [4.69, 9.17) is 5.73 Å². The Labute approximate surface area is 157 Å². The molecule has 0 aliphatic heterocycles. The number of nitrogens with two attached hydrogens (primary N) is 1. The predicted octanol–water partition coefficient (Wildman–Crippen LogP) is 2.94. The zero-order valence-corrected chi connectivity index (χ0v) is 16.0. The first-order chi connectivity index (χ1) is 12.4. The van der Waals surface area contributed by atoms with Crippen LogP contribution < -0.4 is 5.73 Å². The molecule has 1 fully saturated rings. The zero-order valence-electron chi connectivity index (χ0n) is 16.0. The molecule has 0 bridgehead atoms. The highest BCUT2D eigenvalue weighted by Gasteiger charge is 2.43. The van der Waals surface area contributed by atoms with E-state index in [1.54, 1.807) is 0 Å². The van der Waals surface area contributed by atoms with Crippen LogP contribution in [0.3, 0.4) is 0 Å². The third-order valence-electron chi connectivity index (χ3n) is 5.84. The average Bonchev–Trinajstić information content (AvgIpc) is 3.10. The first-order valence-electron chi connectivity index (χ1n) is 9.84. The van der Waals surface area contributed by atoms with Gasteiger partial charge in [-0.1, -0.05) is 30.7 Å². The van der Waals surface area contributed by atoms with Crippen molar-refractivity contribution in [2.45, 2.75) is 71.0 Å². The van der Waals surface area contributed by atoms with E-state index in [1.807, 2.05) is 26.0 Å². The molecular weight excluding hydrogens is 326 g/mol. The number of amides is 1. The molecule has 26 heavy (non-hydrogen) atoms. The van der Waals surface area contributed by atoms with Gasteiger partial charge in [-0.3, -0.25) is 4.79 Å². The number of hydrogen-bond acceptors (Lipinski definition) is 3. The molecule has 2 aliphatic carbocycles. The van der Waals surface area contributed by atoms with Crippen molar-refractivity contribution in [3.63, 3.8) is 0 Å². The highest BCUT2D eigenvalue weighted by molar-refractivity contribution is 5.73. The van der Waals surface area contributed by atoms with E-state index in [-0.39, 0.29) is 23.8 Å². The molecule has 0 unspecified atom stereocenters. The second-order valence-electron chi connectivity index (χ2n) is 7.89. The van der Waals surface area contributed by atoms with Crippen molar-refractivity contribution < 1.29 is 15.0 Å². The summed E-state index contributed by atoms with van der Waals surface area (Å²) in [7, 11) is 0. The van der Waals surface area contributed by atoms with E-state index in [0.29, 0.717) is 24.7 Å². The summed E-state index contributed by atoms with van der Waals surface area (Å²) in [5.74, 6) is 6.72. The number of carbonyl (C=O) groups excluding carboxylic acids is 1. The quantitative estimate of drug-likeness (QED) is 0.336. The van der Waals surface area contributed by atoms with Gasteiger partial charge in [-0.2, -0.15) is 0 Å². The highest BCUT2D eigenvalue weighted by atomic mass is 16.3. The number of aliphatic hydroxyl groups is 2. The number of carbonyl (C=O) groups is 1. The Bertz CT molecular complexity index is 598. The van der Waals surface area contributed by atoms with Crippen LogP contribution in [0.5, 0.6) is 0 Å². The molecule has 0 aromatic heterocycles. The SMILES string of the molecule is CC#CC[C@H](C)[C@H](O)C=C[C@@H]1[C@H]2CC(CCCCC(N)=O)=C[C@H]2C[C@H]1O. The standard InChI is InChI=1S/C22H33NO3/c1-3-4-7-15(2)20(24)11-10-18-19-13-16(8-5-6-9-22(23)26)12-17(19)14-21(18)25/h10-12,15,17-21,24-25H,5-9,13-14H2,1-2H3,(H2,23,26)/t15-,17-,18+,19-,20+,21+/m0/s1. The van der Waals surface area contributed by atoms with Crippen LogP contribution in [0.1, 0.15) is 58.8 Å². The Hall–Kier alpha value is -1.57. The van der Waals surface area contributed by atoms with Crippen molar-refractivity contribution in [3.8, 4) is 11.8 Å². The van der Waals surface area contributed by atoms with E-state index in [2.05, 4.69) is 17.9 Å². The molecule has 0 saturated heterocycles. The molecule has 4 heteroatoms. The van der Waals surface area contributed by atoms with Gasteiger partial charge in [-0.05, 0) is 56.8 Å². The maximum absolute atomic E-state index is 10.8. The van der Waals surface area contributed by atoms with Crippen molar-refractivity contribution in [2.24, 2.45) is 29.4 Å². The smallest absolute Gasteiger partial charge is 0.217 e. The maximum Gasteiger partial charge on any atom is 0.217 e. The summed E-state index contributed by atoms with van der Waals surface area (Å²) in [6.45, 7) is 3.80. The van der Waals surface area contributed by atoms with Crippen LogP contribution in [0.25, 0.3) is 0 Å². The Balaban J connectivity index is 1.85. The van der Waals surface area contributed by atoms with Gasteiger partial charge in [0, 0.05) is 18.8 Å². The summed E-state index contributed by atoms with van der Waals surface area (Å²) in [4.78, 5) is 10.8. The van der Waals surface area contributed by atoms with E-state index < -0.39 is 6.10 Å². The number of primary amides is 1. The summed E-state index contributed by atoms with van der Waals surface area (Å²) < 4.78 is 0. The van der Waals surface area contributed by atoms with Crippen molar-refractivity contribution >= 4 is 5.91 Å². The lowest BCUT2D eigenvalue weighted by Gasteiger charge is -2.20. The molecule has 4 N–H and O–H groups in total. The minimum Gasteiger partial charge on any atom is -0.392 e. The number of rotatable bonds is 9. The van der Waals surface area contributed by atoms with Crippen molar-refractivity contribution in [3.05, 3.63) is 23.8 Å². The van der Waals surface area contributed by atoms with Crippen LogP contribution in [0, 0.1) is 35.5 Å². The van der Waals surface area contributed by atoms with Crippen molar-refractivity contribution in [2.75, 3.05) is 0 Å². The van der Waals surface area contributed by atoms with Gasteiger partial charge in [0.25, 0.3) is 0 Å². The van der Waals surface area contributed by atoms with Gasteiger partial charge >= 0.3 is 0 Å². The lowest BCUT2D eigenvalue weighted by atomic mass is 9.88. The molecule has 144 valence electrons. The second kappa shape index (κ2) is 9.94. The summed E-state index contributed by atoms with van der Waals surface area (Å²) in [5.41, 5.74) is 6.63. The van der Waals surface area contributed by atoms with Crippen LogP contribution in [0.2, 0.25) is 0 Å². The van der Waals surface area contributed by atoms with Gasteiger partial charge < -0.3 is 15.9 Å². The summed E-state index contributed by atoms with van der Waals surface area (Å²) in [5, 5.41) is 20.7. The second-order valence-corrected chi connectivity index (χ2v) is 7.89. The fraction of sp³-hybridized carbons (Fsp3) is 0.682. The Morgan fingerprint density at radius 2 is 2.23 bits per heavy atom. The molecule has 0 spiro atoms. The number of allylic oxidation sites excluding steroid dienone is 2. The lowest BCUT2D eigenvalue weighted by Crippen LogP contribution is -2.19. The van der Waals surface area contributed by atoms with Crippen molar-refractivity contribution in [1.29, 1.82) is 0 Å². The molecule has 2 aliphatic rings. The fourth-order valence-corrected chi connectivity index (χ4v) is 4.26. The van der Waals surface area contributed by atoms with Gasteiger partial charge in [-0.15, -0.1) is 11.8 Å². The van der Waals surface area contributed by atoms with E-state index in [0.717, 1.165) is 32.1 Å². The Morgan fingerprint density at radius 3 is 2.92 bits per heavy atom. The normalized spacial score (nSPS) is 29.8. The Kier molecular flexibility index (Phi) is 7.93. The van der Waals surface area contributed by atoms with Crippen molar-refractivity contribution in [1.82, 2.24) is 0 Å². The van der Waals surface area contributed by atoms with Crippen LogP contribution in [0.4, 0.5) is 0 Å². The Morgan fingerprint density at radius 1 is 1.46 bits per heavy atom. The van der Waals surface area contributed by atoms with Crippen LogP contribution in [-0.4, -0.2) is 28.3 Å². The minimum atomic E-state index is -0.523. The topological polar surface area (TPSA) is 83.5 Å². The number of unbranched alkanes of at least 4 members (excludes halogenated alkanes) is 1. The number of fused-ring (bicyclic) bond motifs is 1. The van der Waals surface area contributed by atoms with Crippen LogP contribution in [-0.2, 0) is 4.79 Å². The van der Waals surface area contributed by atoms with Gasteiger partial charge in [-0.25, -0.2) is 0 Å². The van der Waals surface area contributed by atoms with E-state index >= 15 is 0 Å². The van der Waals surface area contributed by atoms with Gasteiger partial charge in [0.05, 0.1) is 12.2 Å². The first kappa shape index (κ1) is 20.7. The molecule has 2 rings (SSSR count). The largest absolute Gasteiger partial charge is 0.392 e. The average molecular weight is 360 g/mol. The van der Waals surface area contributed by atoms with Crippen LogP contribution >= 0.6 is 0 Å². The summed E-state index contributed by atoms with van der Waals surface area (Å²) >= 11 is 0. The molecule has 0 radical (unpaired) electrons. The predicted molar refractivity (Wildman–Crippen MR) is 104 cm³/mol. The molecule has 1 amide bonds. The third-order valence-corrected chi connectivity index (χ3v) is 5.84. The number of aliphatic hydroxyl groups excluding tert-OH is 2. The third kappa shape index (κ3) is 5.72. The molecular formula is C22H33NO3. The minimum absolute atomic E-state index is 0.0931. The zero-order chi connectivity index (χ0) is 19.1. The van der Waals surface area contributed by atoms with Gasteiger partial charge in [0.1, 0.15) is 0 Å². The molecule has 0 aromatic carbocycles. The monoisotopic (exact) mass is 359 g/mol. The van der Waals surface area contributed by atoms with E-state index in [1.165, 1.54) is 5.57 Å². The van der Waals surface area contributed by atoms with Crippen LogP contribution in [0.15, 0.2) is 23.8 Å². The summed E-state index contributed by atoms with van der Waals surface area (Å²) in [6.07, 6.45) is 11.2.